The van der Waals surface area contributed by atoms with Crippen molar-refractivity contribution in [3.8, 4) is 5.69 Å². The second kappa shape index (κ2) is 9.53. The summed E-state index contributed by atoms with van der Waals surface area (Å²) in [7, 11) is 0. The number of carbonyl (C=O) groups is 1. The van der Waals surface area contributed by atoms with E-state index in [9.17, 15) is 4.79 Å². The molecule has 33 heavy (non-hydrogen) atoms. The molecule has 6 heteroatoms. The molecule has 4 nitrogen and oxygen atoms in total. The number of para-hydroxylation sites is 1. The van der Waals surface area contributed by atoms with Crippen molar-refractivity contribution in [2.45, 2.75) is 6.54 Å². The molecule has 0 aliphatic carbocycles. The van der Waals surface area contributed by atoms with Crippen LogP contribution in [0, 0.1) is 0 Å². The lowest BCUT2D eigenvalue weighted by atomic mass is 10.2. The highest BCUT2D eigenvalue weighted by atomic mass is 35.5. The number of nitrogens with zero attached hydrogens (tertiary/aromatic N) is 3. The molecular weight excluding hydrogens is 450 g/mol. The first-order valence-electron chi connectivity index (χ1n) is 10.5. The summed E-state index contributed by atoms with van der Waals surface area (Å²) in [4.78, 5) is 20.6. The molecule has 1 saturated heterocycles. The Morgan fingerprint density at radius 1 is 0.848 bits per heavy atom. The van der Waals surface area contributed by atoms with Gasteiger partial charge in [-0.15, -0.1) is 0 Å². The fraction of sp³-hybridized carbons (Fsp3) is 0.0370. The van der Waals surface area contributed by atoms with E-state index in [1.807, 2.05) is 114 Å². The number of aromatic nitrogens is 1. The Hall–Kier alpha value is -3.54. The molecule has 1 aliphatic heterocycles. The molecule has 0 atom stereocenters. The summed E-state index contributed by atoms with van der Waals surface area (Å²) >= 11 is 7.45. The molecule has 1 aromatic heterocycles. The first-order valence-corrected chi connectivity index (χ1v) is 11.7. The van der Waals surface area contributed by atoms with Gasteiger partial charge in [0, 0.05) is 22.6 Å². The van der Waals surface area contributed by atoms with Crippen LogP contribution in [0.3, 0.4) is 0 Å². The topological polar surface area (TPSA) is 37.6 Å². The largest absolute Gasteiger partial charge is 0.317 e. The zero-order valence-electron chi connectivity index (χ0n) is 17.6. The van der Waals surface area contributed by atoms with E-state index in [1.54, 1.807) is 4.90 Å². The Morgan fingerprint density at radius 2 is 1.55 bits per heavy atom. The zero-order chi connectivity index (χ0) is 22.6. The van der Waals surface area contributed by atoms with Gasteiger partial charge in [-0.3, -0.25) is 9.69 Å². The number of carbonyl (C=O) groups excluding carboxylic acids is 1. The summed E-state index contributed by atoms with van der Waals surface area (Å²) in [5, 5.41) is 1.36. The van der Waals surface area contributed by atoms with E-state index in [4.69, 9.17) is 16.6 Å². The minimum atomic E-state index is -0.0533. The van der Waals surface area contributed by atoms with Crippen molar-refractivity contribution in [1.82, 2.24) is 9.47 Å². The smallest absolute Gasteiger partial charge is 0.267 e. The molecule has 0 saturated carbocycles. The SMILES string of the molecule is O=C1/C(=C/c2cccn2-c2ccc(Cl)cc2)SC(=Nc2ccccc2)N1Cc1ccccc1. The van der Waals surface area contributed by atoms with Crippen LogP contribution in [-0.4, -0.2) is 20.5 Å². The van der Waals surface area contributed by atoms with Crippen LogP contribution in [0.5, 0.6) is 0 Å². The first-order chi connectivity index (χ1) is 16.2. The van der Waals surface area contributed by atoms with E-state index in [0.29, 0.717) is 21.6 Å². The van der Waals surface area contributed by atoms with Crippen LogP contribution in [-0.2, 0) is 11.3 Å². The van der Waals surface area contributed by atoms with Gasteiger partial charge >= 0.3 is 0 Å². The van der Waals surface area contributed by atoms with Gasteiger partial charge in [-0.2, -0.15) is 0 Å². The molecule has 0 unspecified atom stereocenters. The molecule has 0 spiro atoms. The van der Waals surface area contributed by atoms with Crippen LogP contribution < -0.4 is 0 Å². The van der Waals surface area contributed by atoms with Gasteiger partial charge in [-0.25, -0.2) is 4.99 Å². The minimum Gasteiger partial charge on any atom is -0.317 e. The van der Waals surface area contributed by atoms with Crippen molar-refractivity contribution in [3.05, 3.63) is 124 Å². The monoisotopic (exact) mass is 469 g/mol. The zero-order valence-corrected chi connectivity index (χ0v) is 19.2. The molecule has 0 N–H and O–H groups in total. The molecule has 1 amide bonds. The maximum atomic E-state index is 13.5. The van der Waals surface area contributed by atoms with Crippen molar-refractivity contribution in [3.63, 3.8) is 0 Å². The quantitative estimate of drug-likeness (QED) is 0.297. The number of hydrogen-bond donors (Lipinski definition) is 0. The summed E-state index contributed by atoms with van der Waals surface area (Å²) in [6, 6.07) is 31.3. The molecule has 4 aromatic rings. The predicted octanol–water partition coefficient (Wildman–Crippen LogP) is 6.93. The molecule has 1 fully saturated rings. The number of aliphatic imine (C=N–C) groups is 1. The van der Waals surface area contributed by atoms with E-state index in [1.165, 1.54) is 11.8 Å². The third-order valence-corrected chi connectivity index (χ3v) is 6.48. The van der Waals surface area contributed by atoms with Crippen molar-refractivity contribution in [2.24, 2.45) is 4.99 Å². The molecular formula is C27H20ClN3OS. The summed E-state index contributed by atoms with van der Waals surface area (Å²) in [5.74, 6) is -0.0533. The van der Waals surface area contributed by atoms with Crippen molar-refractivity contribution >= 4 is 46.2 Å². The third kappa shape index (κ3) is 4.80. The second-order valence-electron chi connectivity index (χ2n) is 7.50. The third-order valence-electron chi connectivity index (χ3n) is 5.22. The Bertz CT molecular complexity index is 1330. The van der Waals surface area contributed by atoms with Crippen LogP contribution in [0.1, 0.15) is 11.3 Å². The highest BCUT2D eigenvalue weighted by molar-refractivity contribution is 8.18. The highest BCUT2D eigenvalue weighted by Gasteiger charge is 2.33. The van der Waals surface area contributed by atoms with Gasteiger partial charge in [0.25, 0.3) is 5.91 Å². The molecule has 5 rings (SSSR count). The summed E-state index contributed by atoms with van der Waals surface area (Å²) in [6.45, 7) is 0.466. The number of amidine groups is 1. The summed E-state index contributed by atoms with van der Waals surface area (Å²) in [5.41, 5.74) is 3.76. The van der Waals surface area contributed by atoms with Gasteiger partial charge in [0.05, 0.1) is 17.1 Å². The standard InChI is InChI=1S/C27H20ClN3OS/c28-21-13-15-23(16-14-21)30-17-7-12-24(30)18-25-26(32)31(19-20-8-3-1-4-9-20)27(33-25)29-22-10-5-2-6-11-22/h1-18H,19H2/b25-18-,29-27?. The molecule has 2 heterocycles. The van der Waals surface area contributed by atoms with Gasteiger partial charge in [0.2, 0.25) is 0 Å². The fourth-order valence-corrected chi connectivity index (χ4v) is 4.70. The first kappa shape index (κ1) is 21.3. The Kier molecular flexibility index (Phi) is 6.15. The van der Waals surface area contributed by atoms with Crippen LogP contribution >= 0.6 is 23.4 Å². The van der Waals surface area contributed by atoms with Crippen molar-refractivity contribution in [1.29, 1.82) is 0 Å². The molecule has 1 aliphatic rings. The number of benzene rings is 3. The van der Waals surface area contributed by atoms with E-state index >= 15 is 0 Å². The van der Waals surface area contributed by atoms with E-state index in [2.05, 4.69) is 0 Å². The van der Waals surface area contributed by atoms with Gasteiger partial charge < -0.3 is 4.57 Å². The predicted molar refractivity (Wildman–Crippen MR) is 137 cm³/mol. The Labute approximate surface area is 201 Å². The Balaban J connectivity index is 1.51. The maximum absolute atomic E-state index is 13.5. The average Bonchev–Trinajstić information content (AvgIpc) is 3.41. The van der Waals surface area contributed by atoms with Crippen LogP contribution in [0.2, 0.25) is 5.02 Å². The number of thioether (sulfide) groups is 1. The number of rotatable bonds is 5. The van der Waals surface area contributed by atoms with Gasteiger partial charge in [-0.05, 0) is 71.9 Å². The average molecular weight is 470 g/mol. The molecule has 162 valence electrons. The van der Waals surface area contributed by atoms with Crippen molar-refractivity contribution < 1.29 is 4.79 Å². The maximum Gasteiger partial charge on any atom is 0.267 e. The van der Waals surface area contributed by atoms with Crippen LogP contribution in [0.25, 0.3) is 11.8 Å². The number of amides is 1. The van der Waals surface area contributed by atoms with Gasteiger partial charge in [-0.1, -0.05) is 60.1 Å². The van der Waals surface area contributed by atoms with E-state index in [-0.39, 0.29) is 5.91 Å². The normalized spacial score (nSPS) is 16.2. The lowest BCUT2D eigenvalue weighted by molar-refractivity contribution is -0.122. The van der Waals surface area contributed by atoms with E-state index < -0.39 is 0 Å². The molecule has 0 bridgehead atoms. The highest BCUT2D eigenvalue weighted by Crippen LogP contribution is 2.35. The van der Waals surface area contributed by atoms with Crippen LogP contribution in [0.4, 0.5) is 5.69 Å². The second-order valence-corrected chi connectivity index (χ2v) is 8.94. The number of hydrogen-bond acceptors (Lipinski definition) is 3. The minimum absolute atomic E-state index is 0.0533. The number of halogens is 1. The Morgan fingerprint density at radius 3 is 2.27 bits per heavy atom. The summed E-state index contributed by atoms with van der Waals surface area (Å²) in [6.07, 6.45) is 3.90. The lowest BCUT2D eigenvalue weighted by Crippen LogP contribution is -2.28. The van der Waals surface area contributed by atoms with Gasteiger partial charge in [0.15, 0.2) is 5.17 Å². The van der Waals surface area contributed by atoms with Crippen molar-refractivity contribution in [2.75, 3.05) is 0 Å². The van der Waals surface area contributed by atoms with Crippen LogP contribution in [0.15, 0.2) is 113 Å². The fourth-order valence-electron chi connectivity index (χ4n) is 3.59. The van der Waals surface area contributed by atoms with E-state index in [0.717, 1.165) is 22.6 Å². The lowest BCUT2D eigenvalue weighted by Gasteiger charge is -2.15. The molecule has 0 radical (unpaired) electrons. The molecule has 3 aromatic carbocycles. The van der Waals surface area contributed by atoms with Gasteiger partial charge in [0.1, 0.15) is 0 Å². The summed E-state index contributed by atoms with van der Waals surface area (Å²) < 4.78 is 2.03.